The Hall–Kier alpha value is -2.86. The van der Waals surface area contributed by atoms with Crippen LogP contribution in [0.3, 0.4) is 0 Å². The van der Waals surface area contributed by atoms with Crippen molar-refractivity contribution in [2.75, 3.05) is 36.5 Å². The molecular weight excluding hydrogens is 366 g/mol. The maximum Gasteiger partial charge on any atom is 0.321 e. The van der Waals surface area contributed by atoms with Crippen molar-refractivity contribution in [3.8, 4) is 0 Å². The highest BCUT2D eigenvalue weighted by atomic mass is 16.5. The number of nitrogens with one attached hydrogen (secondary N) is 1. The first-order valence-corrected chi connectivity index (χ1v) is 10.3. The molecule has 1 N–H and O–H groups in total. The van der Waals surface area contributed by atoms with Gasteiger partial charge in [-0.1, -0.05) is 24.3 Å². The third kappa shape index (κ3) is 4.59. The fourth-order valence-corrected chi connectivity index (χ4v) is 3.64. The summed E-state index contributed by atoms with van der Waals surface area (Å²) in [6.45, 7) is 7.54. The van der Waals surface area contributed by atoms with Gasteiger partial charge in [-0.2, -0.15) is 0 Å². The number of hydrogen-bond donors (Lipinski definition) is 1. The number of hydrogen-bond acceptors (Lipinski definition) is 3. The largest absolute Gasteiger partial charge is 0.372 e. The monoisotopic (exact) mass is 395 g/mol. The second-order valence-corrected chi connectivity index (χ2v) is 6.94. The summed E-state index contributed by atoms with van der Waals surface area (Å²) >= 11 is 0. The van der Waals surface area contributed by atoms with Gasteiger partial charge in [0, 0.05) is 25.4 Å². The van der Waals surface area contributed by atoms with Gasteiger partial charge < -0.3 is 15.0 Å². The van der Waals surface area contributed by atoms with E-state index in [2.05, 4.69) is 11.4 Å². The van der Waals surface area contributed by atoms with Gasteiger partial charge in [-0.15, -0.1) is 0 Å². The number of carbonyl (C=O) groups is 2. The molecule has 1 heterocycles. The Kier molecular flexibility index (Phi) is 6.88. The van der Waals surface area contributed by atoms with Crippen LogP contribution in [0.5, 0.6) is 0 Å². The minimum absolute atomic E-state index is 0.0142. The van der Waals surface area contributed by atoms with Crippen molar-refractivity contribution in [1.29, 1.82) is 0 Å². The first kappa shape index (κ1) is 20.9. The molecule has 0 spiro atoms. The van der Waals surface area contributed by atoms with Crippen LogP contribution in [0.25, 0.3) is 0 Å². The molecule has 0 aliphatic carbocycles. The maximum absolute atomic E-state index is 13.1. The zero-order valence-corrected chi connectivity index (χ0v) is 17.4. The molecule has 154 valence electrons. The lowest BCUT2D eigenvalue weighted by atomic mass is 10.0. The third-order valence-corrected chi connectivity index (χ3v) is 5.20. The smallest absolute Gasteiger partial charge is 0.321 e. The van der Waals surface area contributed by atoms with E-state index in [9.17, 15) is 9.59 Å². The zero-order chi connectivity index (χ0) is 20.8. The number of anilines is 3. The van der Waals surface area contributed by atoms with Gasteiger partial charge in [0.2, 0.25) is 0 Å². The number of amides is 3. The van der Waals surface area contributed by atoms with Crippen LogP contribution in [-0.2, 0) is 22.4 Å². The molecule has 0 aromatic heterocycles. The number of urea groups is 1. The lowest BCUT2D eigenvalue weighted by Crippen LogP contribution is -2.34. The van der Waals surface area contributed by atoms with Crippen LogP contribution >= 0.6 is 0 Å². The number of fused-ring (bicyclic) bond motifs is 2. The fourth-order valence-electron chi connectivity index (χ4n) is 3.64. The number of rotatable bonds is 6. The van der Waals surface area contributed by atoms with E-state index >= 15 is 0 Å². The number of nitrogens with zero attached hydrogens (tertiary/aromatic N) is 2. The molecule has 6 heteroatoms. The molecule has 2 aromatic carbocycles. The standard InChI is InChI=1S/C23H29N3O3/c1-4-25(5-2)23(28)24-19-14-13-18-12-11-17-9-7-8-10-20(17)26(21(18)15-19)22(27)16-29-6-3/h7-10,13-15H,4-6,11-12,16H2,1-3H3,(H,24,28). The number of carbonyl (C=O) groups excluding carboxylic acids is 2. The summed E-state index contributed by atoms with van der Waals surface area (Å²) in [5.74, 6) is -0.116. The van der Waals surface area contributed by atoms with Crippen LogP contribution in [0.2, 0.25) is 0 Å². The summed E-state index contributed by atoms with van der Waals surface area (Å²) in [6, 6.07) is 13.6. The van der Waals surface area contributed by atoms with Crippen LogP contribution in [0.4, 0.5) is 21.9 Å². The molecule has 0 saturated heterocycles. The first-order chi connectivity index (χ1) is 14.1. The zero-order valence-electron chi connectivity index (χ0n) is 17.4. The minimum atomic E-state index is -0.142. The maximum atomic E-state index is 13.1. The molecule has 0 fully saturated rings. The molecule has 2 aromatic rings. The number of para-hydroxylation sites is 1. The van der Waals surface area contributed by atoms with E-state index in [0.717, 1.165) is 35.3 Å². The van der Waals surface area contributed by atoms with Crippen LogP contribution in [-0.4, -0.2) is 43.1 Å². The van der Waals surface area contributed by atoms with Crippen LogP contribution in [0.15, 0.2) is 42.5 Å². The van der Waals surface area contributed by atoms with E-state index in [-0.39, 0.29) is 18.5 Å². The van der Waals surface area contributed by atoms with E-state index in [1.807, 2.05) is 57.2 Å². The summed E-state index contributed by atoms with van der Waals surface area (Å²) in [6.07, 6.45) is 1.68. The van der Waals surface area contributed by atoms with Gasteiger partial charge in [0.25, 0.3) is 5.91 Å². The molecule has 3 amide bonds. The van der Waals surface area contributed by atoms with Crippen molar-refractivity contribution in [2.24, 2.45) is 0 Å². The van der Waals surface area contributed by atoms with Gasteiger partial charge in [0.15, 0.2) is 0 Å². The van der Waals surface area contributed by atoms with Gasteiger partial charge in [0.05, 0.1) is 11.4 Å². The summed E-state index contributed by atoms with van der Waals surface area (Å²) in [5, 5.41) is 2.96. The molecule has 0 radical (unpaired) electrons. The molecular formula is C23H29N3O3. The highest BCUT2D eigenvalue weighted by molar-refractivity contribution is 6.04. The minimum Gasteiger partial charge on any atom is -0.372 e. The average Bonchev–Trinajstić information content (AvgIpc) is 2.89. The summed E-state index contributed by atoms with van der Waals surface area (Å²) < 4.78 is 5.41. The third-order valence-electron chi connectivity index (χ3n) is 5.20. The molecule has 3 rings (SSSR count). The molecule has 0 unspecified atom stereocenters. The van der Waals surface area contributed by atoms with Crippen molar-refractivity contribution < 1.29 is 14.3 Å². The molecule has 0 saturated carbocycles. The summed E-state index contributed by atoms with van der Waals surface area (Å²) in [5.41, 5.74) is 4.56. The number of ether oxygens (including phenoxy) is 1. The van der Waals surface area contributed by atoms with Crippen molar-refractivity contribution >= 4 is 29.0 Å². The Balaban J connectivity index is 2.00. The number of benzene rings is 2. The predicted octanol–water partition coefficient (Wildman–Crippen LogP) is 4.36. The Morgan fingerprint density at radius 3 is 2.38 bits per heavy atom. The fraction of sp³-hybridized carbons (Fsp3) is 0.391. The SMILES string of the molecule is CCOCC(=O)N1c2ccccc2CCc2ccc(NC(=O)N(CC)CC)cc21. The van der Waals surface area contributed by atoms with Crippen molar-refractivity contribution in [2.45, 2.75) is 33.6 Å². The predicted molar refractivity (Wildman–Crippen MR) is 116 cm³/mol. The molecule has 1 aliphatic heterocycles. The number of aryl methyl sites for hydroxylation is 2. The van der Waals surface area contributed by atoms with Gasteiger partial charge >= 0.3 is 6.03 Å². The molecule has 6 nitrogen and oxygen atoms in total. The molecule has 0 bridgehead atoms. The van der Waals surface area contributed by atoms with Gasteiger partial charge in [0.1, 0.15) is 6.61 Å². The van der Waals surface area contributed by atoms with Crippen molar-refractivity contribution in [3.63, 3.8) is 0 Å². The van der Waals surface area contributed by atoms with Crippen molar-refractivity contribution in [1.82, 2.24) is 4.90 Å². The Bertz CT molecular complexity index is 877. The second-order valence-electron chi connectivity index (χ2n) is 6.94. The van der Waals surface area contributed by atoms with Gasteiger partial charge in [-0.05, 0) is 62.9 Å². The average molecular weight is 396 g/mol. The van der Waals surface area contributed by atoms with Crippen molar-refractivity contribution in [3.05, 3.63) is 53.6 Å². The molecule has 0 atom stereocenters. The van der Waals surface area contributed by atoms with Gasteiger partial charge in [-0.3, -0.25) is 9.69 Å². The van der Waals surface area contributed by atoms with Gasteiger partial charge in [-0.25, -0.2) is 4.79 Å². The molecule has 1 aliphatic rings. The van der Waals surface area contributed by atoms with Crippen LogP contribution < -0.4 is 10.2 Å². The Morgan fingerprint density at radius 1 is 1.00 bits per heavy atom. The van der Waals surface area contributed by atoms with E-state index in [1.54, 1.807) is 9.80 Å². The van der Waals surface area contributed by atoms with E-state index in [4.69, 9.17) is 4.74 Å². The van der Waals surface area contributed by atoms with Crippen LogP contribution in [0, 0.1) is 0 Å². The molecule has 29 heavy (non-hydrogen) atoms. The van der Waals surface area contributed by atoms with E-state index in [1.165, 1.54) is 0 Å². The van der Waals surface area contributed by atoms with E-state index < -0.39 is 0 Å². The van der Waals surface area contributed by atoms with E-state index in [0.29, 0.717) is 25.4 Å². The van der Waals surface area contributed by atoms with Crippen LogP contribution in [0.1, 0.15) is 31.9 Å². The Labute approximate surface area is 172 Å². The topological polar surface area (TPSA) is 61.9 Å². The highest BCUT2D eigenvalue weighted by Crippen LogP contribution is 2.37. The summed E-state index contributed by atoms with van der Waals surface area (Å²) in [7, 11) is 0. The Morgan fingerprint density at radius 2 is 1.69 bits per heavy atom. The first-order valence-electron chi connectivity index (χ1n) is 10.3. The quantitative estimate of drug-likeness (QED) is 0.790. The summed E-state index contributed by atoms with van der Waals surface area (Å²) in [4.78, 5) is 29.0. The lowest BCUT2D eigenvalue weighted by molar-refractivity contribution is -0.122. The normalized spacial score (nSPS) is 12.6. The lowest BCUT2D eigenvalue weighted by Gasteiger charge is -2.26. The highest BCUT2D eigenvalue weighted by Gasteiger charge is 2.26. The second kappa shape index (κ2) is 9.56.